The van der Waals surface area contributed by atoms with Gasteiger partial charge < -0.3 is 9.64 Å². The summed E-state index contributed by atoms with van der Waals surface area (Å²) in [6.07, 6.45) is 8.53. The third kappa shape index (κ3) is 3.00. The number of aromatic nitrogens is 4. The molecule has 4 fully saturated rings. The first-order chi connectivity index (χ1) is 16.0. The molecule has 0 spiro atoms. The zero-order valence-corrected chi connectivity index (χ0v) is 19.4. The number of anilines is 1. The van der Waals surface area contributed by atoms with Crippen LogP contribution in [0.25, 0.3) is 16.6 Å². The van der Waals surface area contributed by atoms with Crippen molar-refractivity contribution in [1.29, 1.82) is 0 Å². The predicted octanol–water partition coefficient (Wildman–Crippen LogP) is 2.94. The van der Waals surface area contributed by atoms with Gasteiger partial charge >= 0.3 is 0 Å². The average Bonchev–Trinajstić information content (AvgIpc) is 3.19. The van der Waals surface area contributed by atoms with Gasteiger partial charge in [-0.05, 0) is 43.7 Å². The highest BCUT2D eigenvalue weighted by molar-refractivity contribution is 6.34. The highest BCUT2D eigenvalue weighted by atomic mass is 35.5. The summed E-state index contributed by atoms with van der Waals surface area (Å²) in [5.74, 6) is 1.96. The van der Waals surface area contributed by atoms with E-state index in [1.807, 2.05) is 30.1 Å². The predicted molar refractivity (Wildman–Crippen MR) is 125 cm³/mol. The topological polar surface area (TPSA) is 68.4 Å². The summed E-state index contributed by atoms with van der Waals surface area (Å²) in [6, 6.07) is 4.71. The number of carbonyl (C=O) groups excluding carboxylic acids is 1. The molecule has 8 nitrogen and oxygen atoms in total. The number of rotatable bonds is 4. The van der Waals surface area contributed by atoms with Gasteiger partial charge in [-0.2, -0.15) is 10.2 Å². The summed E-state index contributed by atoms with van der Waals surface area (Å²) in [4.78, 5) is 16.9. The van der Waals surface area contributed by atoms with Crippen molar-refractivity contribution in [3.8, 4) is 5.69 Å². The van der Waals surface area contributed by atoms with Gasteiger partial charge in [0.05, 0.1) is 47.5 Å². The van der Waals surface area contributed by atoms with Crippen LogP contribution in [-0.4, -0.2) is 75.2 Å². The number of piperazine rings is 1. The lowest BCUT2D eigenvalue weighted by Gasteiger charge is -2.43. The van der Waals surface area contributed by atoms with Gasteiger partial charge in [-0.3, -0.25) is 14.4 Å². The molecule has 2 unspecified atom stereocenters. The lowest BCUT2D eigenvalue weighted by molar-refractivity contribution is -0.126. The average molecular weight is 467 g/mol. The fraction of sp³-hybridized carbons (Fsp3) is 0.542. The van der Waals surface area contributed by atoms with Crippen LogP contribution in [0.15, 0.2) is 30.7 Å². The van der Waals surface area contributed by atoms with Gasteiger partial charge in [0.15, 0.2) is 5.78 Å². The van der Waals surface area contributed by atoms with E-state index in [9.17, 15) is 4.79 Å². The van der Waals surface area contributed by atoms with Gasteiger partial charge in [0, 0.05) is 31.6 Å². The number of benzene rings is 1. The third-order valence-electron chi connectivity index (χ3n) is 8.36. The molecule has 4 atom stereocenters. The van der Waals surface area contributed by atoms with Gasteiger partial charge in [-0.15, -0.1) is 0 Å². The lowest BCUT2D eigenvalue weighted by Crippen LogP contribution is -2.59. The van der Waals surface area contributed by atoms with E-state index in [-0.39, 0.29) is 12.4 Å². The highest BCUT2D eigenvalue weighted by Gasteiger charge is 2.54. The van der Waals surface area contributed by atoms with Crippen molar-refractivity contribution in [2.75, 3.05) is 44.3 Å². The van der Waals surface area contributed by atoms with Crippen LogP contribution >= 0.6 is 11.6 Å². The van der Waals surface area contributed by atoms with Crippen LogP contribution in [0.1, 0.15) is 25.8 Å². The molecular formula is C24H27ClN6O2. The fourth-order valence-corrected chi connectivity index (χ4v) is 6.29. The van der Waals surface area contributed by atoms with Crippen molar-refractivity contribution in [2.24, 2.45) is 11.8 Å². The second-order valence-electron chi connectivity index (χ2n) is 10.2. The minimum Gasteiger partial charge on any atom is -0.371 e. The molecule has 1 aromatic carbocycles. The second kappa shape index (κ2) is 7.04. The van der Waals surface area contributed by atoms with Crippen LogP contribution in [0.3, 0.4) is 0 Å². The first-order valence-electron chi connectivity index (χ1n) is 11.8. The first kappa shape index (κ1) is 20.0. The Bertz CT molecular complexity index is 1260. The Hall–Kier alpha value is -2.42. The van der Waals surface area contributed by atoms with E-state index in [1.165, 1.54) is 12.8 Å². The number of Topliss-reactive ketones (excluding diaryl/α,β-unsaturated/α-hetero) is 1. The number of nitrogens with zero attached hydrogens (tertiary/aromatic N) is 6. The fourth-order valence-electron chi connectivity index (χ4n) is 6.00. The highest BCUT2D eigenvalue weighted by Crippen LogP contribution is 2.61. The van der Waals surface area contributed by atoms with Gasteiger partial charge in [0.25, 0.3) is 0 Å². The van der Waals surface area contributed by atoms with Crippen molar-refractivity contribution in [3.05, 3.63) is 35.7 Å². The van der Waals surface area contributed by atoms with Crippen LogP contribution in [0.4, 0.5) is 5.69 Å². The molecule has 2 aliphatic carbocycles. The summed E-state index contributed by atoms with van der Waals surface area (Å²) >= 11 is 6.72. The zero-order chi connectivity index (χ0) is 22.3. The van der Waals surface area contributed by atoms with Gasteiger partial charge in [-0.25, -0.2) is 4.68 Å². The molecule has 9 heteroatoms. The maximum absolute atomic E-state index is 12.4. The molecule has 2 saturated carbocycles. The summed E-state index contributed by atoms with van der Waals surface area (Å²) in [6.45, 7) is 5.93. The van der Waals surface area contributed by atoms with Crippen LogP contribution in [0, 0.1) is 11.8 Å². The molecule has 7 rings (SSSR count). The number of halogens is 1. The molecular weight excluding hydrogens is 440 g/mol. The van der Waals surface area contributed by atoms with Crippen LogP contribution in [-0.2, 0) is 9.53 Å². The van der Waals surface area contributed by atoms with E-state index in [4.69, 9.17) is 16.3 Å². The SMILES string of the molecule is C[C@]1(N2CCN(c3cc4c(cnn4-c4cnn([C@@H]5CC6CC65)c4)cc3Cl)CC2)COCC1=O. The Labute approximate surface area is 197 Å². The standard InChI is InChI=1S/C24H27ClN6O2/c1-24(14-33-13-23(24)32)29-4-2-28(3-5-29)22-9-20-16(7-19(22)25)10-27-31(20)17-11-26-30(12-17)21-8-15-6-18(15)21/h7,9-12,15,18,21H,2-6,8,13-14H2,1H3/t15?,18?,21-,24+/m1/s1. The Morgan fingerprint density at radius 2 is 1.97 bits per heavy atom. The number of carbonyl (C=O) groups is 1. The number of hydrogen-bond acceptors (Lipinski definition) is 6. The number of ether oxygens (including phenoxy) is 1. The van der Waals surface area contributed by atoms with E-state index in [1.54, 1.807) is 0 Å². The number of hydrogen-bond donors (Lipinski definition) is 0. The number of ketones is 1. The van der Waals surface area contributed by atoms with Crippen molar-refractivity contribution in [3.63, 3.8) is 0 Å². The largest absolute Gasteiger partial charge is 0.371 e. The van der Waals surface area contributed by atoms with Gasteiger partial charge in [0.2, 0.25) is 0 Å². The molecule has 2 saturated heterocycles. The van der Waals surface area contributed by atoms with Crippen LogP contribution < -0.4 is 4.90 Å². The Kier molecular flexibility index (Phi) is 4.27. The Balaban J connectivity index is 1.15. The minimum absolute atomic E-state index is 0.180. The molecule has 4 aliphatic rings. The molecule has 33 heavy (non-hydrogen) atoms. The quantitative estimate of drug-likeness (QED) is 0.589. The molecule has 2 aliphatic heterocycles. The Morgan fingerprint density at radius 1 is 1.12 bits per heavy atom. The van der Waals surface area contributed by atoms with Crippen LogP contribution in [0.5, 0.6) is 0 Å². The molecule has 0 bridgehead atoms. The smallest absolute Gasteiger partial charge is 0.180 e. The second-order valence-corrected chi connectivity index (χ2v) is 10.6. The summed E-state index contributed by atoms with van der Waals surface area (Å²) in [5.41, 5.74) is 2.52. The normalized spacial score (nSPS) is 31.8. The molecule has 4 heterocycles. The van der Waals surface area contributed by atoms with Crippen molar-refractivity contribution in [2.45, 2.75) is 31.3 Å². The van der Waals surface area contributed by atoms with Crippen LogP contribution in [0.2, 0.25) is 5.02 Å². The molecule has 172 valence electrons. The summed E-state index contributed by atoms with van der Waals surface area (Å²) in [7, 11) is 0. The summed E-state index contributed by atoms with van der Waals surface area (Å²) in [5, 5.41) is 11.0. The number of fused-ring (bicyclic) bond motifs is 2. The zero-order valence-electron chi connectivity index (χ0n) is 18.7. The molecule has 0 N–H and O–H groups in total. The summed E-state index contributed by atoms with van der Waals surface area (Å²) < 4.78 is 9.54. The minimum atomic E-state index is -0.500. The van der Waals surface area contributed by atoms with Crippen molar-refractivity contribution in [1.82, 2.24) is 24.5 Å². The molecule has 0 radical (unpaired) electrons. The van der Waals surface area contributed by atoms with Crippen molar-refractivity contribution < 1.29 is 9.53 Å². The van der Waals surface area contributed by atoms with E-state index in [0.717, 1.165) is 65.3 Å². The maximum Gasteiger partial charge on any atom is 0.180 e. The maximum atomic E-state index is 12.4. The van der Waals surface area contributed by atoms with Gasteiger partial charge in [-0.1, -0.05) is 11.6 Å². The lowest BCUT2D eigenvalue weighted by atomic mass is 9.93. The van der Waals surface area contributed by atoms with E-state index in [2.05, 4.69) is 36.9 Å². The molecule has 2 aromatic heterocycles. The Morgan fingerprint density at radius 3 is 2.67 bits per heavy atom. The van der Waals surface area contributed by atoms with E-state index in [0.29, 0.717) is 12.6 Å². The first-order valence-corrected chi connectivity index (χ1v) is 12.2. The third-order valence-corrected chi connectivity index (χ3v) is 8.66. The van der Waals surface area contributed by atoms with E-state index < -0.39 is 5.54 Å². The van der Waals surface area contributed by atoms with Crippen molar-refractivity contribution >= 4 is 34.0 Å². The van der Waals surface area contributed by atoms with Gasteiger partial charge in [0.1, 0.15) is 17.8 Å². The molecule has 3 aromatic rings. The monoisotopic (exact) mass is 466 g/mol. The molecule has 0 amide bonds. The van der Waals surface area contributed by atoms with E-state index >= 15 is 0 Å².